The minimum Gasteiger partial charge on any atom is -0.268 e. The van der Waals surface area contributed by atoms with Crippen LogP contribution in [0.25, 0.3) is 6.08 Å². The van der Waals surface area contributed by atoms with Gasteiger partial charge in [-0.25, -0.2) is 5.01 Å². The Hall–Kier alpha value is -0.640. The predicted molar refractivity (Wildman–Crippen MR) is 71.7 cm³/mol. The molecule has 2 atom stereocenters. The summed E-state index contributed by atoms with van der Waals surface area (Å²) in [4.78, 5) is 0. The number of nitrogens with two attached hydrogens (primary N) is 1. The summed E-state index contributed by atoms with van der Waals surface area (Å²) in [6.07, 6.45) is 3.31. The second kappa shape index (κ2) is 4.70. The average Bonchev–Trinajstić information content (AvgIpc) is 2.50. The maximum atomic E-state index is 5.97. The van der Waals surface area contributed by atoms with Gasteiger partial charge in [-0.15, -0.1) is 0 Å². The van der Waals surface area contributed by atoms with E-state index in [1.807, 2.05) is 5.01 Å². The molecule has 86 valence electrons. The first-order valence-electron chi connectivity index (χ1n) is 5.57. The van der Waals surface area contributed by atoms with Gasteiger partial charge in [-0.3, -0.25) is 5.84 Å². The zero-order valence-corrected chi connectivity index (χ0v) is 11.2. The van der Waals surface area contributed by atoms with Gasteiger partial charge < -0.3 is 0 Å². The quantitative estimate of drug-likeness (QED) is 0.801. The van der Waals surface area contributed by atoms with Crippen molar-refractivity contribution in [2.24, 2.45) is 5.84 Å². The summed E-state index contributed by atoms with van der Waals surface area (Å²) in [6, 6.07) is 9.16. The molecule has 2 nitrogen and oxygen atoms in total. The third-order valence-corrected chi connectivity index (χ3v) is 3.77. The standard InChI is InChI=1S/C13H17BrN2/c1-9-7-12(10(2)16(9)15)8-11-3-5-13(14)6-4-11/h3-6,8-10H,7,15H2,1-2H3/b12-8+. The van der Waals surface area contributed by atoms with Gasteiger partial charge in [0.2, 0.25) is 0 Å². The van der Waals surface area contributed by atoms with Crippen molar-refractivity contribution in [3.63, 3.8) is 0 Å². The van der Waals surface area contributed by atoms with Crippen molar-refractivity contribution in [2.45, 2.75) is 32.4 Å². The lowest BCUT2D eigenvalue weighted by Crippen LogP contribution is -2.39. The summed E-state index contributed by atoms with van der Waals surface area (Å²) in [5.41, 5.74) is 2.66. The van der Waals surface area contributed by atoms with Gasteiger partial charge in [0.05, 0.1) is 0 Å². The van der Waals surface area contributed by atoms with Gasteiger partial charge in [0.15, 0.2) is 0 Å². The number of hydrazine groups is 1. The molecule has 2 unspecified atom stereocenters. The molecule has 1 saturated heterocycles. The molecule has 0 amide bonds. The lowest BCUT2D eigenvalue weighted by atomic mass is 10.0. The van der Waals surface area contributed by atoms with E-state index in [2.05, 4.69) is 60.1 Å². The molecule has 2 N–H and O–H groups in total. The SMILES string of the molecule is CC1C/C(=C\c2ccc(Br)cc2)C(C)N1N. The van der Waals surface area contributed by atoms with E-state index in [4.69, 9.17) is 5.84 Å². The molecule has 1 aliphatic rings. The lowest BCUT2D eigenvalue weighted by molar-refractivity contribution is 0.228. The number of rotatable bonds is 1. The highest BCUT2D eigenvalue weighted by Crippen LogP contribution is 2.27. The van der Waals surface area contributed by atoms with E-state index in [0.29, 0.717) is 12.1 Å². The smallest absolute Gasteiger partial charge is 0.0429 e. The van der Waals surface area contributed by atoms with E-state index >= 15 is 0 Å². The van der Waals surface area contributed by atoms with Gasteiger partial charge >= 0.3 is 0 Å². The molecule has 1 aromatic rings. The van der Waals surface area contributed by atoms with Gasteiger partial charge in [0, 0.05) is 16.6 Å². The fourth-order valence-corrected chi connectivity index (χ4v) is 2.41. The Labute approximate surface area is 105 Å². The monoisotopic (exact) mass is 280 g/mol. The van der Waals surface area contributed by atoms with Crippen LogP contribution in [0, 0.1) is 0 Å². The van der Waals surface area contributed by atoms with Gasteiger partial charge in [-0.1, -0.05) is 34.1 Å². The van der Waals surface area contributed by atoms with E-state index in [9.17, 15) is 0 Å². The first-order chi connectivity index (χ1) is 7.58. The Morgan fingerprint density at radius 2 is 1.94 bits per heavy atom. The fraction of sp³-hybridized carbons (Fsp3) is 0.385. The topological polar surface area (TPSA) is 29.3 Å². The van der Waals surface area contributed by atoms with Crippen LogP contribution in [0.2, 0.25) is 0 Å². The molecule has 0 saturated carbocycles. The maximum absolute atomic E-state index is 5.97. The molecule has 1 aromatic carbocycles. The van der Waals surface area contributed by atoms with Crippen molar-refractivity contribution < 1.29 is 0 Å². The largest absolute Gasteiger partial charge is 0.268 e. The van der Waals surface area contributed by atoms with Crippen LogP contribution in [0.5, 0.6) is 0 Å². The Morgan fingerprint density at radius 1 is 1.31 bits per heavy atom. The van der Waals surface area contributed by atoms with Gasteiger partial charge in [-0.2, -0.15) is 0 Å². The first-order valence-corrected chi connectivity index (χ1v) is 6.36. The molecule has 1 heterocycles. The second-order valence-electron chi connectivity index (χ2n) is 4.45. The molecule has 0 spiro atoms. The number of hydrogen-bond acceptors (Lipinski definition) is 2. The molecular weight excluding hydrogens is 264 g/mol. The predicted octanol–water partition coefficient (Wildman–Crippen LogP) is 3.19. The van der Waals surface area contributed by atoms with Crippen molar-refractivity contribution in [3.05, 3.63) is 39.9 Å². The second-order valence-corrected chi connectivity index (χ2v) is 5.36. The summed E-state index contributed by atoms with van der Waals surface area (Å²) in [6.45, 7) is 4.33. The van der Waals surface area contributed by atoms with Gasteiger partial charge in [0.25, 0.3) is 0 Å². The van der Waals surface area contributed by atoms with Crippen molar-refractivity contribution in [1.29, 1.82) is 0 Å². The highest BCUT2D eigenvalue weighted by molar-refractivity contribution is 9.10. The lowest BCUT2D eigenvalue weighted by Gasteiger charge is -2.18. The minimum atomic E-state index is 0.346. The number of halogens is 1. The van der Waals surface area contributed by atoms with Gasteiger partial charge in [-0.05, 0) is 43.5 Å². The fourth-order valence-electron chi connectivity index (χ4n) is 2.14. The molecule has 0 radical (unpaired) electrons. The third kappa shape index (κ3) is 2.37. The molecule has 16 heavy (non-hydrogen) atoms. The summed E-state index contributed by atoms with van der Waals surface area (Å²) >= 11 is 3.44. The molecule has 0 bridgehead atoms. The zero-order valence-electron chi connectivity index (χ0n) is 9.65. The number of nitrogens with zero attached hydrogens (tertiary/aromatic N) is 1. The Bertz CT molecular complexity index is 397. The first kappa shape index (κ1) is 11.8. The minimum absolute atomic E-state index is 0.346. The molecule has 0 aromatic heterocycles. The summed E-state index contributed by atoms with van der Waals surface area (Å²) in [5.74, 6) is 5.97. The molecule has 2 rings (SSSR count). The highest BCUT2D eigenvalue weighted by Gasteiger charge is 2.28. The Kier molecular flexibility index (Phi) is 3.47. The van der Waals surface area contributed by atoms with Crippen molar-refractivity contribution in [1.82, 2.24) is 5.01 Å². The van der Waals surface area contributed by atoms with E-state index in [-0.39, 0.29) is 0 Å². The van der Waals surface area contributed by atoms with E-state index in [1.54, 1.807) is 0 Å². The maximum Gasteiger partial charge on any atom is 0.0429 e. The Morgan fingerprint density at radius 3 is 2.44 bits per heavy atom. The molecule has 1 aliphatic heterocycles. The van der Waals surface area contributed by atoms with E-state index in [1.165, 1.54) is 11.1 Å². The summed E-state index contributed by atoms with van der Waals surface area (Å²) < 4.78 is 1.11. The number of hydrogen-bond donors (Lipinski definition) is 1. The van der Waals surface area contributed by atoms with Gasteiger partial charge in [0.1, 0.15) is 0 Å². The van der Waals surface area contributed by atoms with Crippen molar-refractivity contribution in [3.8, 4) is 0 Å². The zero-order chi connectivity index (χ0) is 11.7. The van der Waals surface area contributed by atoms with E-state index in [0.717, 1.165) is 10.9 Å². The average molecular weight is 281 g/mol. The van der Waals surface area contributed by atoms with Crippen LogP contribution in [-0.4, -0.2) is 17.1 Å². The van der Waals surface area contributed by atoms with Crippen LogP contribution in [0.15, 0.2) is 34.3 Å². The van der Waals surface area contributed by atoms with Crippen LogP contribution in [-0.2, 0) is 0 Å². The van der Waals surface area contributed by atoms with Crippen LogP contribution in [0.4, 0.5) is 0 Å². The van der Waals surface area contributed by atoms with Crippen molar-refractivity contribution in [2.75, 3.05) is 0 Å². The van der Waals surface area contributed by atoms with Crippen LogP contribution < -0.4 is 5.84 Å². The molecule has 1 fully saturated rings. The number of benzene rings is 1. The molecule has 0 aliphatic carbocycles. The normalized spacial score (nSPS) is 28.9. The molecular formula is C13H17BrN2. The van der Waals surface area contributed by atoms with Crippen LogP contribution >= 0.6 is 15.9 Å². The van der Waals surface area contributed by atoms with Crippen molar-refractivity contribution >= 4 is 22.0 Å². The Balaban J connectivity index is 2.22. The highest BCUT2D eigenvalue weighted by atomic mass is 79.9. The summed E-state index contributed by atoms with van der Waals surface area (Å²) in [7, 11) is 0. The molecule has 3 heteroatoms. The van der Waals surface area contributed by atoms with E-state index < -0.39 is 0 Å². The third-order valence-electron chi connectivity index (χ3n) is 3.25. The van der Waals surface area contributed by atoms with Crippen LogP contribution in [0.1, 0.15) is 25.8 Å². The summed E-state index contributed by atoms with van der Waals surface area (Å²) in [5, 5.41) is 1.94. The van der Waals surface area contributed by atoms with Crippen LogP contribution in [0.3, 0.4) is 0 Å².